The zero-order valence-corrected chi connectivity index (χ0v) is 11.5. The summed E-state index contributed by atoms with van der Waals surface area (Å²) in [6, 6.07) is 4.55. The molecular weight excluding hydrogens is 226 g/mol. The Morgan fingerprint density at radius 3 is 2.56 bits per heavy atom. The van der Waals surface area contributed by atoms with Crippen LogP contribution in [-0.4, -0.2) is 48.2 Å². The van der Waals surface area contributed by atoms with Crippen LogP contribution < -0.4 is 4.90 Å². The second-order valence-corrected chi connectivity index (χ2v) is 5.26. The summed E-state index contributed by atoms with van der Waals surface area (Å²) in [4.78, 5) is 8.99. The van der Waals surface area contributed by atoms with Gasteiger partial charge in [0.1, 0.15) is 0 Å². The van der Waals surface area contributed by atoms with Crippen LogP contribution in [0.1, 0.15) is 31.6 Å². The molecule has 1 aliphatic rings. The first-order chi connectivity index (χ1) is 8.58. The summed E-state index contributed by atoms with van der Waals surface area (Å²) in [5, 5.41) is 9.45. The van der Waals surface area contributed by atoms with E-state index < -0.39 is 6.10 Å². The Morgan fingerprint density at radius 2 is 2.06 bits per heavy atom. The largest absolute Gasteiger partial charge is 0.387 e. The summed E-state index contributed by atoms with van der Waals surface area (Å²) >= 11 is 0. The number of hydrogen-bond donors (Lipinski definition) is 1. The van der Waals surface area contributed by atoms with Crippen molar-refractivity contribution < 1.29 is 5.11 Å². The molecule has 0 radical (unpaired) electrons. The van der Waals surface area contributed by atoms with Gasteiger partial charge in [0.15, 0.2) is 0 Å². The van der Waals surface area contributed by atoms with Crippen molar-refractivity contribution in [2.24, 2.45) is 0 Å². The summed E-state index contributed by atoms with van der Waals surface area (Å²) < 4.78 is 0. The quantitative estimate of drug-likeness (QED) is 0.884. The molecule has 1 aliphatic heterocycles. The van der Waals surface area contributed by atoms with Crippen molar-refractivity contribution in [2.45, 2.75) is 31.9 Å². The van der Waals surface area contributed by atoms with Gasteiger partial charge in [0.05, 0.1) is 23.7 Å². The van der Waals surface area contributed by atoms with Gasteiger partial charge >= 0.3 is 0 Å². The topological polar surface area (TPSA) is 39.6 Å². The van der Waals surface area contributed by atoms with Crippen molar-refractivity contribution in [3.05, 3.63) is 24.0 Å². The van der Waals surface area contributed by atoms with Crippen molar-refractivity contribution in [1.82, 2.24) is 9.88 Å². The molecule has 0 aromatic carbocycles. The highest BCUT2D eigenvalue weighted by Crippen LogP contribution is 2.22. The SMILES string of the molecule is C[C@H](O)c1ccc(N(C)C2CCN(C)CC2)cn1. The first kappa shape index (κ1) is 13.3. The zero-order valence-electron chi connectivity index (χ0n) is 11.5. The summed E-state index contributed by atoms with van der Waals surface area (Å²) in [6.45, 7) is 4.06. The maximum atomic E-state index is 9.45. The van der Waals surface area contributed by atoms with Gasteiger partial charge in [-0.3, -0.25) is 4.98 Å². The Labute approximate surface area is 109 Å². The lowest BCUT2D eigenvalue weighted by Gasteiger charge is -2.36. The van der Waals surface area contributed by atoms with Gasteiger partial charge in [-0.2, -0.15) is 0 Å². The monoisotopic (exact) mass is 249 g/mol. The lowest BCUT2D eigenvalue weighted by atomic mass is 10.0. The van der Waals surface area contributed by atoms with E-state index in [0.717, 1.165) is 24.5 Å². The van der Waals surface area contributed by atoms with Crippen molar-refractivity contribution >= 4 is 5.69 Å². The molecule has 0 aliphatic carbocycles. The van der Waals surface area contributed by atoms with Crippen molar-refractivity contribution in [3.63, 3.8) is 0 Å². The molecule has 0 unspecified atom stereocenters. The minimum atomic E-state index is -0.493. The average Bonchev–Trinajstić information content (AvgIpc) is 2.39. The molecule has 1 atom stereocenters. The highest BCUT2D eigenvalue weighted by molar-refractivity contribution is 5.45. The maximum Gasteiger partial charge on any atom is 0.0931 e. The molecule has 1 fully saturated rings. The van der Waals surface area contributed by atoms with Crippen molar-refractivity contribution in [3.8, 4) is 0 Å². The molecule has 0 spiro atoms. The van der Waals surface area contributed by atoms with Crippen LogP contribution in [0.2, 0.25) is 0 Å². The van der Waals surface area contributed by atoms with Crippen LogP contribution in [0.25, 0.3) is 0 Å². The fourth-order valence-electron chi connectivity index (χ4n) is 2.45. The third-order valence-corrected chi connectivity index (χ3v) is 3.84. The van der Waals surface area contributed by atoms with Crippen LogP contribution in [0.5, 0.6) is 0 Å². The number of aliphatic hydroxyl groups is 1. The molecule has 0 saturated carbocycles. The van der Waals surface area contributed by atoms with Crippen LogP contribution in [-0.2, 0) is 0 Å². The normalized spacial score (nSPS) is 19.8. The molecule has 1 aromatic heterocycles. The molecule has 4 nitrogen and oxygen atoms in total. The number of aromatic nitrogens is 1. The Bertz CT molecular complexity index is 369. The Balaban J connectivity index is 2.02. The maximum absolute atomic E-state index is 9.45. The Hall–Kier alpha value is -1.13. The van der Waals surface area contributed by atoms with Crippen molar-refractivity contribution in [1.29, 1.82) is 0 Å². The molecule has 2 rings (SSSR count). The molecule has 100 valence electrons. The zero-order chi connectivity index (χ0) is 13.1. The minimum absolute atomic E-state index is 0.493. The number of anilines is 1. The minimum Gasteiger partial charge on any atom is -0.387 e. The van der Waals surface area contributed by atoms with Gasteiger partial charge in [-0.25, -0.2) is 0 Å². The first-order valence-electron chi connectivity index (χ1n) is 6.63. The van der Waals surface area contributed by atoms with E-state index in [4.69, 9.17) is 0 Å². The number of aliphatic hydroxyl groups excluding tert-OH is 1. The van der Waals surface area contributed by atoms with Gasteiger partial charge in [-0.05, 0) is 52.0 Å². The summed E-state index contributed by atoms with van der Waals surface area (Å²) in [6.07, 6.45) is 3.77. The summed E-state index contributed by atoms with van der Waals surface area (Å²) in [7, 11) is 4.31. The van der Waals surface area contributed by atoms with Crippen LogP contribution in [0, 0.1) is 0 Å². The van der Waals surface area contributed by atoms with E-state index >= 15 is 0 Å². The summed E-state index contributed by atoms with van der Waals surface area (Å²) in [5.41, 5.74) is 1.87. The summed E-state index contributed by atoms with van der Waals surface area (Å²) in [5.74, 6) is 0. The second-order valence-electron chi connectivity index (χ2n) is 5.26. The van der Waals surface area contributed by atoms with E-state index in [-0.39, 0.29) is 0 Å². The molecule has 1 saturated heterocycles. The lowest BCUT2D eigenvalue weighted by Crippen LogP contribution is -2.42. The number of likely N-dealkylation sites (tertiary alicyclic amines) is 1. The van der Waals surface area contributed by atoms with Gasteiger partial charge in [0.25, 0.3) is 0 Å². The van der Waals surface area contributed by atoms with E-state index in [1.165, 1.54) is 12.8 Å². The van der Waals surface area contributed by atoms with E-state index in [1.54, 1.807) is 6.92 Å². The highest BCUT2D eigenvalue weighted by atomic mass is 16.3. The van der Waals surface area contributed by atoms with Crippen LogP contribution in [0.15, 0.2) is 18.3 Å². The fraction of sp³-hybridized carbons (Fsp3) is 0.643. The van der Waals surface area contributed by atoms with Crippen LogP contribution in [0.3, 0.4) is 0 Å². The Morgan fingerprint density at radius 1 is 1.39 bits per heavy atom. The van der Waals surface area contributed by atoms with E-state index in [1.807, 2.05) is 18.3 Å². The predicted molar refractivity (Wildman–Crippen MR) is 73.8 cm³/mol. The number of rotatable bonds is 3. The molecule has 1 N–H and O–H groups in total. The van der Waals surface area contributed by atoms with Gasteiger partial charge in [-0.15, -0.1) is 0 Å². The number of pyridine rings is 1. The smallest absolute Gasteiger partial charge is 0.0931 e. The van der Waals surface area contributed by atoms with Gasteiger partial charge < -0.3 is 14.9 Å². The third-order valence-electron chi connectivity index (χ3n) is 3.84. The molecule has 18 heavy (non-hydrogen) atoms. The fourth-order valence-corrected chi connectivity index (χ4v) is 2.45. The van der Waals surface area contributed by atoms with Gasteiger partial charge in [0.2, 0.25) is 0 Å². The lowest BCUT2D eigenvalue weighted by molar-refractivity contribution is 0.194. The molecule has 1 aromatic rings. The van der Waals surface area contributed by atoms with E-state index in [2.05, 4.69) is 28.9 Å². The van der Waals surface area contributed by atoms with Crippen LogP contribution in [0.4, 0.5) is 5.69 Å². The van der Waals surface area contributed by atoms with Gasteiger partial charge in [-0.1, -0.05) is 0 Å². The number of hydrogen-bond acceptors (Lipinski definition) is 4. The number of nitrogens with zero attached hydrogens (tertiary/aromatic N) is 3. The van der Waals surface area contributed by atoms with E-state index in [9.17, 15) is 5.11 Å². The van der Waals surface area contributed by atoms with Crippen LogP contribution >= 0.6 is 0 Å². The third kappa shape index (κ3) is 3.00. The molecule has 0 bridgehead atoms. The average molecular weight is 249 g/mol. The van der Waals surface area contributed by atoms with Crippen molar-refractivity contribution in [2.75, 3.05) is 32.1 Å². The second kappa shape index (κ2) is 5.67. The highest BCUT2D eigenvalue weighted by Gasteiger charge is 2.20. The number of piperidine rings is 1. The molecular formula is C14H23N3O. The van der Waals surface area contributed by atoms with E-state index in [0.29, 0.717) is 6.04 Å². The standard InChI is InChI=1S/C14H23N3O/c1-11(18)14-5-4-13(10-15-14)17(3)12-6-8-16(2)9-7-12/h4-5,10-12,18H,6-9H2,1-3H3/t11-/m0/s1. The Kier molecular flexibility index (Phi) is 4.19. The molecule has 0 amide bonds. The molecule has 4 heteroatoms. The first-order valence-corrected chi connectivity index (χ1v) is 6.63. The predicted octanol–water partition coefficient (Wildman–Crippen LogP) is 1.67. The molecule has 2 heterocycles. The van der Waals surface area contributed by atoms with Gasteiger partial charge in [0, 0.05) is 13.1 Å².